The molecule has 0 N–H and O–H groups in total. The van der Waals surface area contributed by atoms with Crippen molar-refractivity contribution in [3.8, 4) is 0 Å². The molecule has 1 aliphatic carbocycles. The minimum Gasteiger partial charge on any atom is -0.243 e. The van der Waals surface area contributed by atoms with E-state index in [0.29, 0.717) is 4.31 Å². The zero-order valence-corrected chi connectivity index (χ0v) is 12.7. The standard InChI is InChI=1S/C12H14ClF3N2O2S/c1-8(9-4-5-9)18(7-12(14,15)16)21(19,20)10-3-2-6-17-11(10)13/h2-3,6,8-9H,4-5,7H2,1H3. The summed E-state index contributed by atoms with van der Waals surface area (Å²) in [5.74, 6) is -0.0439. The molecule has 9 heteroatoms. The summed E-state index contributed by atoms with van der Waals surface area (Å²) in [6.45, 7) is -0.0382. The lowest BCUT2D eigenvalue weighted by molar-refractivity contribution is -0.139. The second-order valence-electron chi connectivity index (χ2n) is 5.04. The van der Waals surface area contributed by atoms with Gasteiger partial charge in [0.1, 0.15) is 16.6 Å². The molecule has 0 bridgehead atoms. The molecule has 1 saturated carbocycles. The molecule has 1 heterocycles. The first-order chi connectivity index (χ1) is 9.63. The third-order valence-electron chi connectivity index (χ3n) is 3.41. The van der Waals surface area contributed by atoms with E-state index in [9.17, 15) is 21.6 Å². The SMILES string of the molecule is CC(C1CC1)N(CC(F)(F)F)S(=O)(=O)c1cccnc1Cl. The van der Waals surface area contributed by atoms with Crippen molar-refractivity contribution in [2.24, 2.45) is 5.92 Å². The van der Waals surface area contributed by atoms with Crippen LogP contribution in [-0.4, -0.2) is 36.5 Å². The molecule has 0 aliphatic heterocycles. The highest BCUT2D eigenvalue weighted by atomic mass is 35.5. The lowest BCUT2D eigenvalue weighted by Crippen LogP contribution is -2.45. The molecular weight excluding hydrogens is 329 g/mol. The molecule has 0 amide bonds. The molecule has 1 aromatic rings. The summed E-state index contributed by atoms with van der Waals surface area (Å²) in [6, 6.07) is 1.76. The number of nitrogens with zero attached hydrogens (tertiary/aromatic N) is 2. The van der Waals surface area contributed by atoms with Crippen molar-refractivity contribution in [1.82, 2.24) is 9.29 Å². The highest BCUT2D eigenvalue weighted by Crippen LogP contribution is 2.38. The average Bonchev–Trinajstić information content (AvgIpc) is 3.18. The van der Waals surface area contributed by atoms with Gasteiger partial charge in [-0.15, -0.1) is 0 Å². The van der Waals surface area contributed by atoms with E-state index in [1.807, 2.05) is 0 Å². The first-order valence-electron chi connectivity index (χ1n) is 6.32. The fourth-order valence-corrected chi connectivity index (χ4v) is 4.24. The van der Waals surface area contributed by atoms with Crippen LogP contribution in [0.2, 0.25) is 5.15 Å². The Balaban J connectivity index is 2.41. The Labute approximate surface area is 126 Å². The minimum atomic E-state index is -4.62. The number of hydrogen-bond acceptors (Lipinski definition) is 3. The highest BCUT2D eigenvalue weighted by molar-refractivity contribution is 7.89. The van der Waals surface area contributed by atoms with Gasteiger partial charge in [0.15, 0.2) is 0 Å². The summed E-state index contributed by atoms with van der Waals surface area (Å²) in [5.41, 5.74) is 0. The molecule has 1 fully saturated rings. The van der Waals surface area contributed by atoms with Crippen molar-refractivity contribution in [2.75, 3.05) is 6.54 Å². The lowest BCUT2D eigenvalue weighted by atomic mass is 10.2. The van der Waals surface area contributed by atoms with Gasteiger partial charge in [-0.25, -0.2) is 13.4 Å². The average molecular weight is 343 g/mol. The van der Waals surface area contributed by atoms with Gasteiger partial charge in [-0.05, 0) is 37.8 Å². The normalized spacial score (nSPS) is 18.0. The predicted octanol–water partition coefficient (Wildman–Crippen LogP) is 3.09. The molecule has 2 rings (SSSR count). The van der Waals surface area contributed by atoms with Crippen LogP contribution in [-0.2, 0) is 10.0 Å². The summed E-state index contributed by atoms with van der Waals surface area (Å²) in [4.78, 5) is 3.22. The van der Waals surface area contributed by atoms with E-state index in [2.05, 4.69) is 4.98 Å². The van der Waals surface area contributed by atoms with Crippen LogP contribution in [0.25, 0.3) is 0 Å². The fourth-order valence-electron chi connectivity index (χ4n) is 2.13. The number of rotatable bonds is 5. The second-order valence-corrected chi connectivity index (χ2v) is 7.25. The largest absolute Gasteiger partial charge is 0.402 e. The van der Waals surface area contributed by atoms with Crippen LogP contribution >= 0.6 is 11.6 Å². The van der Waals surface area contributed by atoms with Crippen LogP contribution < -0.4 is 0 Å². The van der Waals surface area contributed by atoms with E-state index >= 15 is 0 Å². The topological polar surface area (TPSA) is 50.3 Å². The Hall–Kier alpha value is -0.860. The first-order valence-corrected chi connectivity index (χ1v) is 8.14. The number of hydrogen-bond donors (Lipinski definition) is 0. The Morgan fingerprint density at radius 3 is 2.57 bits per heavy atom. The van der Waals surface area contributed by atoms with Gasteiger partial charge in [-0.3, -0.25) is 0 Å². The molecule has 1 unspecified atom stereocenters. The Morgan fingerprint density at radius 1 is 1.48 bits per heavy atom. The van der Waals surface area contributed by atoms with Gasteiger partial charge in [0.05, 0.1) is 0 Å². The van der Waals surface area contributed by atoms with Crippen LogP contribution in [0.15, 0.2) is 23.2 Å². The van der Waals surface area contributed by atoms with Gasteiger partial charge >= 0.3 is 6.18 Å². The van der Waals surface area contributed by atoms with Crippen molar-refractivity contribution < 1.29 is 21.6 Å². The summed E-state index contributed by atoms with van der Waals surface area (Å²) >= 11 is 5.73. The summed E-state index contributed by atoms with van der Waals surface area (Å²) in [6.07, 6.45) is -1.89. The first kappa shape index (κ1) is 16.5. The molecule has 1 aromatic heterocycles. The van der Waals surface area contributed by atoms with Crippen molar-refractivity contribution >= 4 is 21.6 Å². The van der Waals surface area contributed by atoms with Crippen LogP contribution in [0.1, 0.15) is 19.8 Å². The maximum Gasteiger partial charge on any atom is 0.402 e. The number of sulfonamides is 1. The molecule has 0 spiro atoms. The molecule has 118 valence electrons. The fraction of sp³-hybridized carbons (Fsp3) is 0.583. The zero-order chi connectivity index (χ0) is 15.8. The molecule has 1 aliphatic rings. The van der Waals surface area contributed by atoms with Crippen molar-refractivity contribution in [2.45, 2.75) is 36.9 Å². The van der Waals surface area contributed by atoms with Gasteiger partial charge < -0.3 is 0 Å². The van der Waals surface area contributed by atoms with Gasteiger partial charge in [-0.2, -0.15) is 17.5 Å². The Kier molecular flexibility index (Phi) is 4.51. The highest BCUT2D eigenvalue weighted by Gasteiger charge is 2.44. The van der Waals surface area contributed by atoms with Crippen LogP contribution in [0, 0.1) is 5.92 Å². The van der Waals surface area contributed by atoms with E-state index in [0.717, 1.165) is 18.9 Å². The van der Waals surface area contributed by atoms with E-state index in [1.165, 1.54) is 19.2 Å². The molecule has 1 atom stereocenters. The molecule has 0 saturated heterocycles. The number of pyridine rings is 1. The van der Waals surface area contributed by atoms with E-state index in [1.54, 1.807) is 0 Å². The van der Waals surface area contributed by atoms with Crippen molar-refractivity contribution in [3.63, 3.8) is 0 Å². The predicted molar refractivity (Wildman–Crippen MR) is 71.4 cm³/mol. The summed E-state index contributed by atoms with van der Waals surface area (Å²) < 4.78 is 63.7. The number of aromatic nitrogens is 1. The van der Waals surface area contributed by atoms with Gasteiger partial charge in [0.2, 0.25) is 10.0 Å². The minimum absolute atomic E-state index is 0.0439. The quantitative estimate of drug-likeness (QED) is 0.773. The summed E-state index contributed by atoms with van der Waals surface area (Å²) in [7, 11) is -4.35. The van der Waals surface area contributed by atoms with Gasteiger partial charge in [0, 0.05) is 12.2 Å². The molecule has 0 aromatic carbocycles. The molecule has 0 radical (unpaired) electrons. The Morgan fingerprint density at radius 2 is 2.10 bits per heavy atom. The smallest absolute Gasteiger partial charge is 0.243 e. The summed E-state index contributed by atoms with van der Waals surface area (Å²) in [5, 5.41) is -0.326. The molecular formula is C12H14ClF3N2O2S. The zero-order valence-electron chi connectivity index (χ0n) is 11.1. The number of alkyl halides is 3. The van der Waals surface area contributed by atoms with Crippen molar-refractivity contribution in [3.05, 3.63) is 23.5 Å². The monoisotopic (exact) mass is 342 g/mol. The van der Waals surface area contributed by atoms with E-state index in [4.69, 9.17) is 11.6 Å². The molecule has 4 nitrogen and oxygen atoms in total. The lowest BCUT2D eigenvalue weighted by Gasteiger charge is -2.29. The van der Waals surface area contributed by atoms with E-state index < -0.39 is 33.7 Å². The molecule has 21 heavy (non-hydrogen) atoms. The third-order valence-corrected chi connectivity index (χ3v) is 5.78. The van der Waals surface area contributed by atoms with Crippen LogP contribution in [0.3, 0.4) is 0 Å². The second kappa shape index (κ2) is 5.73. The third kappa shape index (κ3) is 3.87. The van der Waals surface area contributed by atoms with Crippen molar-refractivity contribution in [1.29, 1.82) is 0 Å². The maximum atomic E-state index is 12.7. The van der Waals surface area contributed by atoms with Gasteiger partial charge in [0.25, 0.3) is 0 Å². The van der Waals surface area contributed by atoms with Crippen LogP contribution in [0.4, 0.5) is 13.2 Å². The van der Waals surface area contributed by atoms with E-state index in [-0.39, 0.29) is 11.1 Å². The van der Waals surface area contributed by atoms with Gasteiger partial charge in [-0.1, -0.05) is 11.6 Å². The Bertz CT molecular complexity index is 617. The number of halogens is 4. The maximum absolute atomic E-state index is 12.7. The van der Waals surface area contributed by atoms with Crippen LogP contribution in [0.5, 0.6) is 0 Å².